The van der Waals surface area contributed by atoms with Crippen LogP contribution in [0.3, 0.4) is 0 Å². The van der Waals surface area contributed by atoms with Crippen molar-refractivity contribution in [3.8, 4) is 5.75 Å². The molecule has 0 saturated carbocycles. The Bertz CT molecular complexity index is 675. The second-order valence-electron chi connectivity index (χ2n) is 4.65. The minimum atomic E-state index is -0.429. The third kappa shape index (κ3) is 2.48. The van der Waals surface area contributed by atoms with E-state index in [4.69, 9.17) is 4.74 Å². The molecule has 0 N–H and O–H groups in total. The first-order chi connectivity index (χ1) is 9.74. The van der Waals surface area contributed by atoms with E-state index in [0.717, 1.165) is 5.56 Å². The summed E-state index contributed by atoms with van der Waals surface area (Å²) in [6, 6.07) is 13.7. The van der Waals surface area contributed by atoms with Gasteiger partial charge >= 0.3 is 0 Å². The summed E-state index contributed by atoms with van der Waals surface area (Å²) in [5.74, 6) is -0.143. The molecule has 0 atom stereocenters. The van der Waals surface area contributed by atoms with Crippen LogP contribution in [0.1, 0.15) is 22.3 Å². The summed E-state index contributed by atoms with van der Waals surface area (Å²) in [5.41, 5.74) is 1.89. The second-order valence-corrected chi connectivity index (χ2v) is 4.65. The Hall–Kier alpha value is -2.42. The monoisotopic (exact) mass is 268 g/mol. The summed E-state index contributed by atoms with van der Waals surface area (Å²) in [7, 11) is 0. The van der Waals surface area contributed by atoms with Gasteiger partial charge in [-0.1, -0.05) is 30.3 Å². The molecule has 0 unspecified atom stereocenters. The summed E-state index contributed by atoms with van der Waals surface area (Å²) >= 11 is 0. The number of ketones is 1. The molecular formula is C17H13FO2. The molecule has 1 heterocycles. The minimum absolute atomic E-state index is 0.166. The number of Topliss-reactive ketones (excluding diaryl/α,β-unsaturated/α-hetero) is 1. The van der Waals surface area contributed by atoms with E-state index in [1.165, 1.54) is 18.2 Å². The number of fused-ring (bicyclic) bond motifs is 1. The predicted octanol–water partition coefficient (Wildman–Crippen LogP) is 3.87. The molecule has 1 aliphatic heterocycles. The van der Waals surface area contributed by atoms with Gasteiger partial charge < -0.3 is 4.74 Å². The summed E-state index contributed by atoms with van der Waals surface area (Å²) in [4.78, 5) is 12.5. The van der Waals surface area contributed by atoms with Crippen molar-refractivity contribution in [3.05, 3.63) is 71.0 Å². The van der Waals surface area contributed by atoms with Crippen molar-refractivity contribution in [2.75, 3.05) is 6.61 Å². The Balaban J connectivity index is 2.03. The molecule has 0 radical (unpaired) electrons. The highest BCUT2D eigenvalue weighted by Crippen LogP contribution is 2.28. The molecule has 2 nitrogen and oxygen atoms in total. The zero-order chi connectivity index (χ0) is 13.9. The number of carbonyl (C=O) groups excluding carboxylic acids is 1. The average Bonchev–Trinajstić information content (AvgIpc) is 2.61. The summed E-state index contributed by atoms with van der Waals surface area (Å²) in [6.07, 6.45) is 2.36. The van der Waals surface area contributed by atoms with Crippen molar-refractivity contribution >= 4 is 11.9 Å². The summed E-state index contributed by atoms with van der Waals surface area (Å²) in [5, 5.41) is 0. The maximum Gasteiger partial charge on any atom is 0.192 e. The molecule has 0 aliphatic carbocycles. The lowest BCUT2D eigenvalue weighted by Gasteiger charge is -2.04. The molecule has 3 rings (SSSR count). The quantitative estimate of drug-likeness (QED) is 0.734. The highest BCUT2D eigenvalue weighted by atomic mass is 19.1. The third-order valence-corrected chi connectivity index (χ3v) is 3.25. The Morgan fingerprint density at radius 1 is 1.10 bits per heavy atom. The maximum absolute atomic E-state index is 13.3. The van der Waals surface area contributed by atoms with Gasteiger partial charge in [0.1, 0.15) is 11.6 Å². The van der Waals surface area contributed by atoms with Crippen molar-refractivity contribution in [3.63, 3.8) is 0 Å². The van der Waals surface area contributed by atoms with Gasteiger partial charge in [0.15, 0.2) is 5.78 Å². The van der Waals surface area contributed by atoms with E-state index >= 15 is 0 Å². The van der Waals surface area contributed by atoms with Crippen LogP contribution in [0.25, 0.3) is 6.08 Å². The van der Waals surface area contributed by atoms with E-state index in [9.17, 15) is 9.18 Å². The number of hydrogen-bond acceptors (Lipinski definition) is 2. The molecule has 0 aromatic heterocycles. The van der Waals surface area contributed by atoms with Gasteiger partial charge in [0, 0.05) is 12.0 Å². The Kier molecular flexibility index (Phi) is 3.33. The predicted molar refractivity (Wildman–Crippen MR) is 75.3 cm³/mol. The zero-order valence-electron chi connectivity index (χ0n) is 10.8. The molecule has 0 fully saturated rings. The molecule has 1 aliphatic rings. The summed E-state index contributed by atoms with van der Waals surface area (Å²) < 4.78 is 18.8. The fourth-order valence-electron chi connectivity index (χ4n) is 2.25. The Labute approximate surface area is 116 Å². The number of halogens is 1. The highest BCUT2D eigenvalue weighted by Gasteiger charge is 2.21. The number of hydrogen-bond donors (Lipinski definition) is 0. The zero-order valence-corrected chi connectivity index (χ0v) is 10.8. The second kappa shape index (κ2) is 5.29. The molecule has 2 aromatic carbocycles. The van der Waals surface area contributed by atoms with Crippen molar-refractivity contribution in [1.29, 1.82) is 0 Å². The SMILES string of the molecule is O=C1C(=Cc2ccccc2)CCOc2ccc(F)cc21. The maximum atomic E-state index is 13.3. The Morgan fingerprint density at radius 2 is 1.90 bits per heavy atom. The van der Waals surface area contributed by atoms with E-state index in [1.54, 1.807) is 0 Å². The lowest BCUT2D eigenvalue weighted by molar-refractivity contribution is 0.103. The molecule has 0 spiro atoms. The van der Waals surface area contributed by atoms with Crippen LogP contribution in [0.4, 0.5) is 4.39 Å². The Morgan fingerprint density at radius 3 is 2.70 bits per heavy atom. The number of rotatable bonds is 1. The van der Waals surface area contributed by atoms with Crippen molar-refractivity contribution in [2.24, 2.45) is 0 Å². The topological polar surface area (TPSA) is 26.3 Å². The van der Waals surface area contributed by atoms with Crippen molar-refractivity contribution in [2.45, 2.75) is 6.42 Å². The van der Waals surface area contributed by atoms with Gasteiger partial charge in [0.25, 0.3) is 0 Å². The van der Waals surface area contributed by atoms with Crippen LogP contribution < -0.4 is 4.74 Å². The molecular weight excluding hydrogens is 255 g/mol. The first-order valence-corrected chi connectivity index (χ1v) is 6.47. The smallest absolute Gasteiger partial charge is 0.192 e. The molecule has 20 heavy (non-hydrogen) atoms. The largest absolute Gasteiger partial charge is 0.492 e. The average molecular weight is 268 g/mol. The van der Waals surface area contributed by atoms with Crippen LogP contribution in [0.2, 0.25) is 0 Å². The van der Waals surface area contributed by atoms with Crippen LogP contribution in [0, 0.1) is 5.82 Å². The number of carbonyl (C=O) groups is 1. The van der Waals surface area contributed by atoms with Gasteiger partial charge in [-0.05, 0) is 29.8 Å². The van der Waals surface area contributed by atoms with Crippen LogP contribution >= 0.6 is 0 Å². The van der Waals surface area contributed by atoms with E-state index in [0.29, 0.717) is 29.9 Å². The fourth-order valence-corrected chi connectivity index (χ4v) is 2.25. The lowest BCUT2D eigenvalue weighted by Crippen LogP contribution is -2.02. The van der Waals surface area contributed by atoms with Gasteiger partial charge in [-0.25, -0.2) is 4.39 Å². The van der Waals surface area contributed by atoms with Crippen LogP contribution in [0.5, 0.6) is 5.75 Å². The van der Waals surface area contributed by atoms with E-state index in [-0.39, 0.29) is 5.78 Å². The molecule has 100 valence electrons. The third-order valence-electron chi connectivity index (χ3n) is 3.25. The van der Waals surface area contributed by atoms with Crippen LogP contribution in [0.15, 0.2) is 54.1 Å². The van der Waals surface area contributed by atoms with Gasteiger partial charge in [-0.15, -0.1) is 0 Å². The molecule has 0 bridgehead atoms. The minimum Gasteiger partial charge on any atom is -0.492 e. The molecule has 0 saturated heterocycles. The number of benzene rings is 2. The van der Waals surface area contributed by atoms with Crippen LogP contribution in [-0.2, 0) is 0 Å². The lowest BCUT2D eigenvalue weighted by atomic mass is 9.99. The van der Waals surface area contributed by atoms with Gasteiger partial charge in [0.2, 0.25) is 0 Å². The first-order valence-electron chi connectivity index (χ1n) is 6.47. The molecule has 0 amide bonds. The van der Waals surface area contributed by atoms with Gasteiger partial charge in [-0.3, -0.25) is 4.79 Å². The van der Waals surface area contributed by atoms with Crippen LogP contribution in [-0.4, -0.2) is 12.4 Å². The first kappa shape index (κ1) is 12.6. The standard InChI is InChI=1S/C17H13FO2/c18-14-6-7-16-15(11-14)17(19)13(8-9-20-16)10-12-4-2-1-3-5-12/h1-7,10-11H,8-9H2. The van der Waals surface area contributed by atoms with E-state index in [1.807, 2.05) is 36.4 Å². The molecule has 2 aromatic rings. The van der Waals surface area contributed by atoms with Gasteiger partial charge in [-0.2, -0.15) is 0 Å². The van der Waals surface area contributed by atoms with Crippen molar-refractivity contribution < 1.29 is 13.9 Å². The normalized spacial score (nSPS) is 16.4. The van der Waals surface area contributed by atoms with E-state index < -0.39 is 5.82 Å². The van der Waals surface area contributed by atoms with E-state index in [2.05, 4.69) is 0 Å². The van der Waals surface area contributed by atoms with Gasteiger partial charge in [0.05, 0.1) is 12.2 Å². The fraction of sp³-hybridized carbons (Fsp3) is 0.118. The number of ether oxygens (including phenoxy) is 1. The van der Waals surface area contributed by atoms with Crippen molar-refractivity contribution in [1.82, 2.24) is 0 Å². The summed E-state index contributed by atoms with van der Waals surface area (Å²) in [6.45, 7) is 0.420. The molecule has 3 heteroatoms. The highest BCUT2D eigenvalue weighted by molar-refractivity contribution is 6.13.